The molecule has 2 aliphatic heterocycles. The van der Waals surface area contributed by atoms with Crippen LogP contribution >= 0.6 is 0 Å². The van der Waals surface area contributed by atoms with Gasteiger partial charge in [-0.05, 0) is 25.8 Å². The third kappa shape index (κ3) is 2.82. The topological polar surface area (TPSA) is 49.4 Å². The zero-order chi connectivity index (χ0) is 11.4. The maximum atomic E-state index is 11.9. The zero-order valence-electron chi connectivity index (χ0n) is 9.71. The quantitative estimate of drug-likeness (QED) is 0.763. The van der Waals surface area contributed by atoms with Crippen molar-refractivity contribution in [3.05, 3.63) is 0 Å². The third-order valence-electron chi connectivity index (χ3n) is 3.46. The molecule has 4 nitrogen and oxygen atoms in total. The number of imide groups is 1. The summed E-state index contributed by atoms with van der Waals surface area (Å²) in [6.07, 6.45) is 6.58. The number of carbonyl (C=O) groups excluding carboxylic acids is 2. The number of nitrogens with one attached hydrogen (secondary N) is 1. The van der Waals surface area contributed by atoms with Gasteiger partial charge in [0.25, 0.3) is 0 Å². The normalized spacial score (nSPS) is 26.9. The van der Waals surface area contributed by atoms with Crippen LogP contribution < -0.4 is 5.32 Å². The van der Waals surface area contributed by atoms with Crippen molar-refractivity contribution >= 4 is 11.8 Å². The third-order valence-corrected chi connectivity index (χ3v) is 3.46. The van der Waals surface area contributed by atoms with Crippen LogP contribution in [-0.2, 0) is 9.59 Å². The van der Waals surface area contributed by atoms with Gasteiger partial charge in [-0.25, -0.2) is 0 Å². The fourth-order valence-corrected chi connectivity index (χ4v) is 2.51. The smallest absolute Gasteiger partial charge is 0.230 e. The molecule has 2 aliphatic rings. The van der Waals surface area contributed by atoms with Crippen molar-refractivity contribution in [2.75, 3.05) is 13.1 Å². The molecule has 0 radical (unpaired) electrons. The van der Waals surface area contributed by atoms with E-state index in [-0.39, 0.29) is 17.9 Å². The Bertz CT molecular complexity index is 270. The SMILES string of the molecule is O=C1CCCN1C(=O)CC1CCCCCN1. The van der Waals surface area contributed by atoms with Gasteiger partial charge in [0.15, 0.2) is 0 Å². The predicted octanol–water partition coefficient (Wildman–Crippen LogP) is 1.06. The Kier molecular flexibility index (Phi) is 3.93. The molecular formula is C12H20N2O2. The molecule has 2 heterocycles. The van der Waals surface area contributed by atoms with Gasteiger partial charge < -0.3 is 5.32 Å². The molecule has 0 saturated carbocycles. The zero-order valence-corrected chi connectivity index (χ0v) is 9.71. The molecule has 0 spiro atoms. The monoisotopic (exact) mass is 224 g/mol. The van der Waals surface area contributed by atoms with E-state index >= 15 is 0 Å². The molecule has 1 unspecified atom stereocenters. The van der Waals surface area contributed by atoms with Crippen molar-refractivity contribution in [2.45, 2.75) is 51.0 Å². The Morgan fingerprint density at radius 2 is 2.19 bits per heavy atom. The number of amides is 2. The molecule has 0 aliphatic carbocycles. The van der Waals surface area contributed by atoms with Crippen LogP contribution in [-0.4, -0.2) is 35.8 Å². The van der Waals surface area contributed by atoms with Gasteiger partial charge in [0.05, 0.1) is 0 Å². The van der Waals surface area contributed by atoms with Gasteiger partial charge in [-0.3, -0.25) is 14.5 Å². The van der Waals surface area contributed by atoms with E-state index in [1.165, 1.54) is 24.2 Å². The molecule has 2 rings (SSSR count). The summed E-state index contributed by atoms with van der Waals surface area (Å²) < 4.78 is 0. The van der Waals surface area contributed by atoms with Crippen molar-refractivity contribution in [1.29, 1.82) is 0 Å². The van der Waals surface area contributed by atoms with Gasteiger partial charge in [0.2, 0.25) is 11.8 Å². The lowest BCUT2D eigenvalue weighted by molar-refractivity contribution is -0.142. The van der Waals surface area contributed by atoms with E-state index in [1.54, 1.807) is 0 Å². The first-order chi connectivity index (χ1) is 7.77. The predicted molar refractivity (Wildman–Crippen MR) is 60.8 cm³/mol. The van der Waals surface area contributed by atoms with Gasteiger partial charge in [0.1, 0.15) is 0 Å². The van der Waals surface area contributed by atoms with Crippen molar-refractivity contribution in [3.63, 3.8) is 0 Å². The Morgan fingerprint density at radius 1 is 1.31 bits per heavy atom. The summed E-state index contributed by atoms with van der Waals surface area (Å²) >= 11 is 0. The molecule has 2 saturated heterocycles. The number of hydrogen-bond acceptors (Lipinski definition) is 3. The maximum Gasteiger partial charge on any atom is 0.230 e. The van der Waals surface area contributed by atoms with E-state index in [0.717, 1.165) is 19.4 Å². The number of carbonyl (C=O) groups is 2. The Hall–Kier alpha value is -0.900. The fraction of sp³-hybridized carbons (Fsp3) is 0.833. The summed E-state index contributed by atoms with van der Waals surface area (Å²) in [7, 11) is 0. The van der Waals surface area contributed by atoms with Crippen LogP contribution in [0.3, 0.4) is 0 Å². The molecule has 4 heteroatoms. The largest absolute Gasteiger partial charge is 0.313 e. The molecule has 16 heavy (non-hydrogen) atoms. The van der Waals surface area contributed by atoms with Crippen LogP contribution in [0.25, 0.3) is 0 Å². The minimum absolute atomic E-state index is 0.0126. The highest BCUT2D eigenvalue weighted by Crippen LogP contribution is 2.15. The second-order valence-electron chi connectivity index (χ2n) is 4.75. The number of nitrogens with zero attached hydrogens (tertiary/aromatic N) is 1. The molecule has 0 aromatic rings. The second kappa shape index (κ2) is 5.43. The lowest BCUT2D eigenvalue weighted by atomic mass is 10.1. The van der Waals surface area contributed by atoms with Gasteiger partial charge >= 0.3 is 0 Å². The summed E-state index contributed by atoms with van der Waals surface area (Å²) in [6.45, 7) is 1.64. The van der Waals surface area contributed by atoms with E-state index in [9.17, 15) is 9.59 Å². The molecule has 0 aromatic carbocycles. The van der Waals surface area contributed by atoms with Crippen LogP contribution in [0, 0.1) is 0 Å². The summed E-state index contributed by atoms with van der Waals surface area (Å²) in [5, 5.41) is 3.39. The standard InChI is InChI=1S/C12H20N2O2/c15-11-6-4-8-14(11)12(16)9-10-5-2-1-3-7-13-10/h10,13H,1-9H2. The van der Waals surface area contributed by atoms with Crippen molar-refractivity contribution in [3.8, 4) is 0 Å². The highest BCUT2D eigenvalue weighted by Gasteiger charge is 2.28. The van der Waals surface area contributed by atoms with Gasteiger partial charge in [-0.2, -0.15) is 0 Å². The molecule has 0 aromatic heterocycles. The fourth-order valence-electron chi connectivity index (χ4n) is 2.51. The Morgan fingerprint density at radius 3 is 2.94 bits per heavy atom. The van der Waals surface area contributed by atoms with E-state index < -0.39 is 0 Å². The molecule has 0 bridgehead atoms. The van der Waals surface area contributed by atoms with E-state index in [1.807, 2.05) is 0 Å². The highest BCUT2D eigenvalue weighted by molar-refractivity contribution is 5.96. The number of hydrogen-bond donors (Lipinski definition) is 1. The van der Waals surface area contributed by atoms with Gasteiger partial charge in [-0.1, -0.05) is 12.8 Å². The highest BCUT2D eigenvalue weighted by atomic mass is 16.2. The first-order valence-electron chi connectivity index (χ1n) is 6.34. The van der Waals surface area contributed by atoms with Crippen LogP contribution in [0.4, 0.5) is 0 Å². The minimum atomic E-state index is 0.0126. The molecule has 1 atom stereocenters. The van der Waals surface area contributed by atoms with Gasteiger partial charge in [0, 0.05) is 25.4 Å². The van der Waals surface area contributed by atoms with Crippen molar-refractivity contribution < 1.29 is 9.59 Å². The first kappa shape index (κ1) is 11.6. The maximum absolute atomic E-state index is 11.9. The van der Waals surface area contributed by atoms with Crippen LogP contribution in [0.5, 0.6) is 0 Å². The Balaban J connectivity index is 1.83. The summed E-state index contributed by atoms with van der Waals surface area (Å²) in [6, 6.07) is 0.281. The number of rotatable bonds is 2. The lowest BCUT2D eigenvalue weighted by Crippen LogP contribution is -2.38. The lowest BCUT2D eigenvalue weighted by Gasteiger charge is -2.19. The number of likely N-dealkylation sites (tertiary alicyclic amines) is 1. The molecular weight excluding hydrogens is 204 g/mol. The van der Waals surface area contributed by atoms with Gasteiger partial charge in [-0.15, -0.1) is 0 Å². The van der Waals surface area contributed by atoms with Crippen molar-refractivity contribution in [2.24, 2.45) is 0 Å². The van der Waals surface area contributed by atoms with Crippen LogP contribution in [0.15, 0.2) is 0 Å². The van der Waals surface area contributed by atoms with E-state index in [2.05, 4.69) is 5.32 Å². The van der Waals surface area contributed by atoms with Crippen LogP contribution in [0.1, 0.15) is 44.9 Å². The van der Waals surface area contributed by atoms with Crippen LogP contribution in [0.2, 0.25) is 0 Å². The van der Waals surface area contributed by atoms with E-state index in [0.29, 0.717) is 19.4 Å². The molecule has 90 valence electrons. The molecule has 2 amide bonds. The summed E-state index contributed by atoms with van der Waals surface area (Å²) in [4.78, 5) is 24.7. The van der Waals surface area contributed by atoms with Crippen molar-refractivity contribution in [1.82, 2.24) is 10.2 Å². The molecule has 2 fully saturated rings. The average molecular weight is 224 g/mol. The molecule has 1 N–H and O–H groups in total. The summed E-state index contributed by atoms with van der Waals surface area (Å²) in [5.41, 5.74) is 0. The second-order valence-corrected chi connectivity index (χ2v) is 4.75. The summed E-state index contributed by atoms with van der Waals surface area (Å²) in [5.74, 6) is 0.0283. The first-order valence-corrected chi connectivity index (χ1v) is 6.34. The van der Waals surface area contributed by atoms with E-state index in [4.69, 9.17) is 0 Å². The minimum Gasteiger partial charge on any atom is -0.313 e. The average Bonchev–Trinajstić information content (AvgIpc) is 2.53. The Labute approximate surface area is 96.4 Å².